The lowest BCUT2D eigenvalue weighted by molar-refractivity contribution is 0.219. The van der Waals surface area contributed by atoms with Crippen LogP contribution in [0.1, 0.15) is 30.6 Å². The van der Waals surface area contributed by atoms with Crippen LogP contribution in [-0.4, -0.2) is 11.7 Å². The van der Waals surface area contributed by atoms with Gasteiger partial charge in [-0.25, -0.2) is 4.39 Å². The Morgan fingerprint density at radius 3 is 2.45 bits per heavy atom. The van der Waals surface area contributed by atoms with Crippen LogP contribution >= 0.6 is 11.6 Å². The minimum absolute atomic E-state index is 0.266. The molecule has 1 unspecified atom stereocenters. The number of aliphatic hydroxyl groups excluding tert-OH is 1. The molecule has 2 aromatic rings. The fourth-order valence-corrected chi connectivity index (χ4v) is 2.12. The quantitative estimate of drug-likeness (QED) is 0.888. The van der Waals surface area contributed by atoms with E-state index in [0.717, 1.165) is 12.2 Å². The molecule has 0 heterocycles. The molecular formula is C16H16ClFO2. The highest BCUT2D eigenvalue weighted by Gasteiger charge is 2.12. The van der Waals surface area contributed by atoms with E-state index in [2.05, 4.69) is 0 Å². The Kier molecular flexibility index (Phi) is 4.99. The summed E-state index contributed by atoms with van der Waals surface area (Å²) in [6.07, 6.45) is 0.0232. The zero-order valence-corrected chi connectivity index (χ0v) is 11.9. The van der Waals surface area contributed by atoms with Gasteiger partial charge in [0, 0.05) is 5.02 Å². The maximum atomic E-state index is 13.3. The van der Waals surface area contributed by atoms with Gasteiger partial charge in [-0.1, -0.05) is 30.7 Å². The van der Waals surface area contributed by atoms with Crippen LogP contribution in [0, 0.1) is 5.82 Å². The number of ether oxygens (including phenoxy) is 1. The highest BCUT2D eigenvalue weighted by Crippen LogP contribution is 2.26. The minimum atomic E-state index is -0.913. The molecule has 2 aromatic carbocycles. The van der Waals surface area contributed by atoms with E-state index in [1.807, 2.05) is 6.92 Å². The van der Waals surface area contributed by atoms with E-state index in [0.29, 0.717) is 17.7 Å². The number of hydrogen-bond acceptors (Lipinski definition) is 2. The number of benzene rings is 2. The van der Waals surface area contributed by atoms with E-state index < -0.39 is 11.9 Å². The first-order valence-electron chi connectivity index (χ1n) is 6.47. The molecule has 0 aliphatic carbocycles. The van der Waals surface area contributed by atoms with Crippen LogP contribution in [0.25, 0.3) is 0 Å². The SMILES string of the molecule is CCCOc1ccc(C(O)c2cc(F)cc(Cl)c2)cc1. The van der Waals surface area contributed by atoms with Crippen LogP contribution in [0.5, 0.6) is 5.75 Å². The van der Waals surface area contributed by atoms with Gasteiger partial charge in [0.25, 0.3) is 0 Å². The molecule has 1 atom stereocenters. The smallest absolute Gasteiger partial charge is 0.125 e. The third-order valence-corrected chi connectivity index (χ3v) is 3.09. The molecule has 0 aliphatic rings. The molecule has 0 spiro atoms. The second kappa shape index (κ2) is 6.73. The summed E-state index contributed by atoms with van der Waals surface area (Å²) in [5.74, 6) is 0.287. The summed E-state index contributed by atoms with van der Waals surface area (Å²) in [6.45, 7) is 2.69. The van der Waals surface area contributed by atoms with Crippen molar-refractivity contribution in [2.24, 2.45) is 0 Å². The zero-order valence-electron chi connectivity index (χ0n) is 11.1. The monoisotopic (exact) mass is 294 g/mol. The predicted octanol–water partition coefficient (Wildman–Crippen LogP) is 4.35. The summed E-state index contributed by atoms with van der Waals surface area (Å²) in [4.78, 5) is 0. The average molecular weight is 295 g/mol. The van der Waals surface area contributed by atoms with E-state index >= 15 is 0 Å². The van der Waals surface area contributed by atoms with Crippen LogP contribution in [0.15, 0.2) is 42.5 Å². The predicted molar refractivity (Wildman–Crippen MR) is 77.7 cm³/mol. The van der Waals surface area contributed by atoms with Crippen LogP contribution in [-0.2, 0) is 0 Å². The standard InChI is InChI=1S/C16H16ClFO2/c1-2-7-20-15-5-3-11(4-6-15)16(19)12-8-13(17)10-14(18)9-12/h3-6,8-10,16,19H,2,7H2,1H3. The molecule has 106 valence electrons. The molecule has 0 fully saturated rings. The van der Waals surface area contributed by atoms with Crippen LogP contribution in [0.2, 0.25) is 5.02 Å². The Morgan fingerprint density at radius 2 is 1.85 bits per heavy atom. The first-order valence-corrected chi connectivity index (χ1v) is 6.84. The summed E-state index contributed by atoms with van der Waals surface area (Å²) >= 11 is 5.79. The van der Waals surface area contributed by atoms with Crippen molar-refractivity contribution in [3.63, 3.8) is 0 Å². The van der Waals surface area contributed by atoms with Gasteiger partial charge < -0.3 is 9.84 Å². The Balaban J connectivity index is 2.17. The Bertz CT molecular complexity index is 549. The molecule has 2 rings (SSSR count). The second-order valence-corrected chi connectivity index (χ2v) is 4.96. The topological polar surface area (TPSA) is 29.5 Å². The van der Waals surface area contributed by atoms with Gasteiger partial charge in [0.1, 0.15) is 17.7 Å². The van der Waals surface area contributed by atoms with Crippen molar-refractivity contribution in [1.82, 2.24) is 0 Å². The molecule has 0 aromatic heterocycles. The summed E-state index contributed by atoms with van der Waals surface area (Å²) in [5, 5.41) is 10.5. The highest BCUT2D eigenvalue weighted by atomic mass is 35.5. The summed E-state index contributed by atoms with van der Waals surface area (Å²) in [6, 6.07) is 11.1. The van der Waals surface area contributed by atoms with E-state index in [1.54, 1.807) is 30.3 Å². The van der Waals surface area contributed by atoms with Gasteiger partial charge >= 0.3 is 0 Å². The Morgan fingerprint density at radius 1 is 1.15 bits per heavy atom. The zero-order chi connectivity index (χ0) is 14.5. The Hall–Kier alpha value is -1.58. The van der Waals surface area contributed by atoms with Gasteiger partial charge in [-0.15, -0.1) is 0 Å². The normalized spacial score (nSPS) is 12.2. The third-order valence-electron chi connectivity index (χ3n) is 2.87. The second-order valence-electron chi connectivity index (χ2n) is 4.52. The van der Waals surface area contributed by atoms with Gasteiger partial charge in [0.05, 0.1) is 6.61 Å². The summed E-state index contributed by atoms with van der Waals surface area (Å²) in [7, 11) is 0. The maximum Gasteiger partial charge on any atom is 0.125 e. The molecule has 2 nitrogen and oxygen atoms in total. The van der Waals surface area contributed by atoms with Crippen molar-refractivity contribution in [2.45, 2.75) is 19.4 Å². The van der Waals surface area contributed by atoms with Crippen LogP contribution in [0.4, 0.5) is 4.39 Å². The molecule has 0 bridgehead atoms. The number of halogens is 2. The van der Waals surface area contributed by atoms with Crippen molar-refractivity contribution >= 4 is 11.6 Å². The van der Waals surface area contributed by atoms with Crippen LogP contribution in [0.3, 0.4) is 0 Å². The van der Waals surface area contributed by atoms with Gasteiger partial charge in [0.2, 0.25) is 0 Å². The van der Waals surface area contributed by atoms with Crippen molar-refractivity contribution in [2.75, 3.05) is 6.61 Å². The first kappa shape index (κ1) is 14.8. The lowest BCUT2D eigenvalue weighted by Gasteiger charge is -2.13. The van der Waals surface area contributed by atoms with Gasteiger partial charge in [-0.3, -0.25) is 0 Å². The fraction of sp³-hybridized carbons (Fsp3) is 0.250. The number of rotatable bonds is 5. The van der Waals surface area contributed by atoms with Gasteiger partial charge in [-0.05, 0) is 47.9 Å². The maximum absolute atomic E-state index is 13.3. The van der Waals surface area contributed by atoms with E-state index in [1.165, 1.54) is 12.1 Å². The molecule has 20 heavy (non-hydrogen) atoms. The van der Waals surface area contributed by atoms with Crippen molar-refractivity contribution < 1.29 is 14.2 Å². The molecule has 0 saturated heterocycles. The highest BCUT2D eigenvalue weighted by molar-refractivity contribution is 6.30. The molecule has 0 radical (unpaired) electrons. The lowest BCUT2D eigenvalue weighted by atomic mass is 10.0. The molecule has 0 aliphatic heterocycles. The van der Waals surface area contributed by atoms with Crippen molar-refractivity contribution in [3.05, 3.63) is 64.4 Å². The largest absolute Gasteiger partial charge is 0.494 e. The fourth-order valence-electron chi connectivity index (χ4n) is 1.89. The summed E-state index contributed by atoms with van der Waals surface area (Å²) < 4.78 is 18.8. The van der Waals surface area contributed by atoms with Crippen molar-refractivity contribution in [3.8, 4) is 5.75 Å². The average Bonchev–Trinajstić information content (AvgIpc) is 2.44. The number of hydrogen-bond donors (Lipinski definition) is 1. The van der Waals surface area contributed by atoms with Crippen molar-refractivity contribution in [1.29, 1.82) is 0 Å². The molecule has 0 saturated carbocycles. The van der Waals surface area contributed by atoms with E-state index in [9.17, 15) is 9.50 Å². The molecule has 1 N–H and O–H groups in total. The third kappa shape index (κ3) is 3.71. The molecular weight excluding hydrogens is 279 g/mol. The lowest BCUT2D eigenvalue weighted by Crippen LogP contribution is -2.01. The van der Waals surface area contributed by atoms with E-state index in [-0.39, 0.29) is 5.02 Å². The Labute approximate surface area is 122 Å². The molecule has 0 amide bonds. The first-order chi connectivity index (χ1) is 9.60. The van der Waals surface area contributed by atoms with E-state index in [4.69, 9.17) is 16.3 Å². The number of aliphatic hydroxyl groups is 1. The summed E-state index contributed by atoms with van der Waals surface area (Å²) in [5.41, 5.74) is 1.09. The van der Waals surface area contributed by atoms with Gasteiger partial charge in [0.15, 0.2) is 0 Å². The van der Waals surface area contributed by atoms with Gasteiger partial charge in [-0.2, -0.15) is 0 Å². The minimum Gasteiger partial charge on any atom is -0.494 e. The van der Waals surface area contributed by atoms with Crippen LogP contribution < -0.4 is 4.74 Å². The molecule has 4 heteroatoms.